The maximum absolute atomic E-state index is 12.3. The molecule has 0 radical (unpaired) electrons. The van der Waals surface area contributed by atoms with E-state index >= 15 is 0 Å². The molecule has 2 amide bonds. The van der Waals surface area contributed by atoms with Crippen molar-refractivity contribution >= 4 is 17.5 Å². The fraction of sp³-hybridized carbons (Fsp3) is 0.385. The number of carbonyl (C=O) groups is 2. The highest BCUT2D eigenvalue weighted by Gasteiger charge is 2.22. The summed E-state index contributed by atoms with van der Waals surface area (Å²) in [5, 5.41) is 13.5. The monoisotopic (exact) mass is 277 g/mol. The van der Waals surface area contributed by atoms with Gasteiger partial charge in [0.1, 0.15) is 0 Å². The first-order chi connectivity index (χ1) is 9.47. The molecule has 1 aliphatic heterocycles. The molecule has 0 spiro atoms. The van der Waals surface area contributed by atoms with Gasteiger partial charge in [-0.3, -0.25) is 19.7 Å². The van der Waals surface area contributed by atoms with E-state index in [-0.39, 0.29) is 29.6 Å². The predicted octanol–water partition coefficient (Wildman–Crippen LogP) is 0.865. The first-order valence-electron chi connectivity index (χ1n) is 6.29. The highest BCUT2D eigenvalue weighted by atomic mass is 16.6. The Morgan fingerprint density at radius 3 is 2.85 bits per heavy atom. The molecule has 1 aliphatic rings. The van der Waals surface area contributed by atoms with Gasteiger partial charge in [-0.25, -0.2) is 0 Å². The van der Waals surface area contributed by atoms with E-state index in [2.05, 4.69) is 5.32 Å². The lowest BCUT2D eigenvalue weighted by atomic mass is 10.1. The van der Waals surface area contributed by atoms with Gasteiger partial charge < -0.3 is 10.2 Å². The van der Waals surface area contributed by atoms with Crippen LogP contribution in [-0.2, 0) is 4.79 Å². The second-order valence-corrected chi connectivity index (χ2v) is 4.74. The number of hydrogen-bond donors (Lipinski definition) is 1. The summed E-state index contributed by atoms with van der Waals surface area (Å²) in [6, 6.07) is 4.25. The van der Waals surface area contributed by atoms with Crippen LogP contribution in [0.15, 0.2) is 18.2 Å². The topological polar surface area (TPSA) is 92.6 Å². The Hall–Kier alpha value is -2.44. The fourth-order valence-corrected chi connectivity index (χ4v) is 2.15. The Balaban J connectivity index is 2.28. The molecule has 1 fully saturated rings. The molecular formula is C13H15N3O4. The zero-order valence-corrected chi connectivity index (χ0v) is 11.1. The van der Waals surface area contributed by atoms with Crippen LogP contribution in [0.4, 0.5) is 5.69 Å². The molecule has 0 bridgehead atoms. The van der Waals surface area contributed by atoms with Crippen LogP contribution in [0.2, 0.25) is 0 Å². The highest BCUT2D eigenvalue weighted by Crippen LogP contribution is 2.18. The van der Waals surface area contributed by atoms with E-state index in [4.69, 9.17) is 0 Å². The summed E-state index contributed by atoms with van der Waals surface area (Å²) in [5.74, 6) is -0.563. The zero-order valence-electron chi connectivity index (χ0n) is 11.1. The number of benzene rings is 1. The van der Waals surface area contributed by atoms with Gasteiger partial charge in [0.05, 0.1) is 11.5 Å². The van der Waals surface area contributed by atoms with Gasteiger partial charge in [-0.05, 0) is 25.0 Å². The molecule has 0 unspecified atom stereocenters. The van der Waals surface area contributed by atoms with E-state index in [1.807, 2.05) is 0 Å². The van der Waals surface area contributed by atoms with Crippen molar-refractivity contribution < 1.29 is 14.5 Å². The Bertz CT molecular complexity index is 571. The van der Waals surface area contributed by atoms with Crippen LogP contribution >= 0.6 is 0 Å². The number of aryl methyl sites for hydroxylation is 1. The fourth-order valence-electron chi connectivity index (χ4n) is 2.15. The molecule has 1 N–H and O–H groups in total. The third-order valence-electron chi connectivity index (χ3n) is 3.07. The van der Waals surface area contributed by atoms with E-state index in [1.54, 1.807) is 13.0 Å². The minimum absolute atomic E-state index is 0.0133. The maximum atomic E-state index is 12.3. The van der Waals surface area contributed by atoms with Gasteiger partial charge in [0.2, 0.25) is 5.91 Å². The van der Waals surface area contributed by atoms with Gasteiger partial charge in [0, 0.05) is 30.8 Å². The van der Waals surface area contributed by atoms with Crippen LogP contribution in [0, 0.1) is 17.0 Å². The molecule has 0 atom stereocenters. The average molecular weight is 277 g/mol. The van der Waals surface area contributed by atoms with Crippen LogP contribution in [0.1, 0.15) is 22.3 Å². The molecule has 0 saturated carbocycles. The van der Waals surface area contributed by atoms with Crippen LogP contribution in [0.5, 0.6) is 0 Å². The van der Waals surface area contributed by atoms with Crippen molar-refractivity contribution in [3.63, 3.8) is 0 Å². The number of nitrogens with zero attached hydrogens (tertiary/aromatic N) is 2. The van der Waals surface area contributed by atoms with Crippen LogP contribution in [0.25, 0.3) is 0 Å². The van der Waals surface area contributed by atoms with Crippen LogP contribution < -0.4 is 5.32 Å². The Morgan fingerprint density at radius 1 is 1.40 bits per heavy atom. The zero-order chi connectivity index (χ0) is 14.7. The minimum Gasteiger partial charge on any atom is -0.354 e. The standard InChI is InChI=1S/C13H15N3O4/c1-9-5-10(7-11(6-9)16(19)20)13(18)15-4-2-3-14-12(17)8-15/h5-7H,2-4,8H2,1H3,(H,14,17). The second kappa shape index (κ2) is 5.68. The normalized spacial score (nSPS) is 15.4. The first kappa shape index (κ1) is 14.0. The third-order valence-corrected chi connectivity index (χ3v) is 3.07. The molecule has 7 heteroatoms. The average Bonchev–Trinajstić information content (AvgIpc) is 2.61. The van der Waals surface area contributed by atoms with Gasteiger partial charge in [0.25, 0.3) is 11.6 Å². The smallest absolute Gasteiger partial charge is 0.270 e. The molecule has 0 aromatic heterocycles. The van der Waals surface area contributed by atoms with Crippen molar-refractivity contribution in [2.45, 2.75) is 13.3 Å². The van der Waals surface area contributed by atoms with Gasteiger partial charge in [-0.2, -0.15) is 0 Å². The lowest BCUT2D eigenvalue weighted by Crippen LogP contribution is -2.37. The summed E-state index contributed by atoms with van der Waals surface area (Å²) in [6.45, 7) is 2.68. The largest absolute Gasteiger partial charge is 0.354 e. The summed E-state index contributed by atoms with van der Waals surface area (Å²) >= 11 is 0. The van der Waals surface area contributed by atoms with E-state index in [0.29, 0.717) is 25.1 Å². The molecule has 1 aromatic carbocycles. The summed E-state index contributed by atoms with van der Waals surface area (Å²) in [7, 11) is 0. The van der Waals surface area contributed by atoms with Gasteiger partial charge in [-0.1, -0.05) is 0 Å². The molecule has 2 rings (SSSR count). The Labute approximate surface area is 115 Å². The number of nitrogens with one attached hydrogen (secondary N) is 1. The lowest BCUT2D eigenvalue weighted by molar-refractivity contribution is -0.384. The van der Waals surface area contributed by atoms with Crippen molar-refractivity contribution in [3.05, 3.63) is 39.4 Å². The SMILES string of the molecule is Cc1cc(C(=O)N2CCCNC(=O)C2)cc([N+](=O)[O-])c1. The highest BCUT2D eigenvalue weighted by molar-refractivity contribution is 5.97. The molecule has 7 nitrogen and oxygen atoms in total. The van der Waals surface area contributed by atoms with Crippen molar-refractivity contribution in [1.82, 2.24) is 10.2 Å². The molecule has 106 valence electrons. The van der Waals surface area contributed by atoms with Crippen LogP contribution in [0.3, 0.4) is 0 Å². The van der Waals surface area contributed by atoms with E-state index in [9.17, 15) is 19.7 Å². The van der Waals surface area contributed by atoms with E-state index in [1.165, 1.54) is 17.0 Å². The van der Waals surface area contributed by atoms with Gasteiger partial charge >= 0.3 is 0 Å². The summed E-state index contributed by atoms with van der Waals surface area (Å²) < 4.78 is 0. The number of hydrogen-bond acceptors (Lipinski definition) is 4. The molecule has 20 heavy (non-hydrogen) atoms. The number of carbonyl (C=O) groups excluding carboxylic acids is 2. The van der Waals surface area contributed by atoms with E-state index in [0.717, 1.165) is 0 Å². The Kier molecular flexibility index (Phi) is 3.97. The number of nitro groups is 1. The van der Waals surface area contributed by atoms with Crippen LogP contribution in [-0.4, -0.2) is 41.3 Å². The molecular weight excluding hydrogens is 262 g/mol. The summed E-state index contributed by atoms with van der Waals surface area (Å²) in [6.07, 6.45) is 0.672. The van der Waals surface area contributed by atoms with Crippen molar-refractivity contribution in [2.24, 2.45) is 0 Å². The van der Waals surface area contributed by atoms with Gasteiger partial charge in [-0.15, -0.1) is 0 Å². The Morgan fingerprint density at radius 2 is 2.15 bits per heavy atom. The minimum atomic E-state index is -0.529. The summed E-state index contributed by atoms with van der Waals surface area (Å²) in [4.78, 5) is 35.5. The molecule has 1 heterocycles. The predicted molar refractivity (Wildman–Crippen MR) is 71.4 cm³/mol. The maximum Gasteiger partial charge on any atom is 0.270 e. The van der Waals surface area contributed by atoms with Crippen molar-refractivity contribution in [2.75, 3.05) is 19.6 Å². The van der Waals surface area contributed by atoms with Crippen molar-refractivity contribution in [1.29, 1.82) is 0 Å². The summed E-state index contributed by atoms with van der Waals surface area (Å²) in [5.41, 5.74) is 0.765. The molecule has 0 aliphatic carbocycles. The molecule has 1 aromatic rings. The number of nitro benzene ring substituents is 1. The second-order valence-electron chi connectivity index (χ2n) is 4.74. The number of rotatable bonds is 2. The van der Waals surface area contributed by atoms with Gasteiger partial charge in [0.15, 0.2) is 0 Å². The first-order valence-corrected chi connectivity index (χ1v) is 6.29. The van der Waals surface area contributed by atoms with E-state index < -0.39 is 4.92 Å². The van der Waals surface area contributed by atoms with Crippen molar-refractivity contribution in [3.8, 4) is 0 Å². The number of amides is 2. The molecule has 1 saturated heterocycles. The third kappa shape index (κ3) is 3.11. The quantitative estimate of drug-likeness (QED) is 0.641. The lowest BCUT2D eigenvalue weighted by Gasteiger charge is -2.19. The number of non-ortho nitro benzene ring substituents is 1.